The summed E-state index contributed by atoms with van der Waals surface area (Å²) < 4.78 is 13.7. The molecule has 7 rings (SSSR count). The van der Waals surface area contributed by atoms with Crippen LogP contribution in [0.4, 0.5) is 0 Å². The second-order valence-electron chi connectivity index (χ2n) is 10.9. The van der Waals surface area contributed by atoms with Crippen molar-refractivity contribution in [1.82, 2.24) is 14.4 Å². The lowest BCUT2D eigenvalue weighted by molar-refractivity contribution is 0.0342. The number of morpholine rings is 1. The number of aromatic nitrogens is 1. The maximum Gasteiger partial charge on any atom is 0.258 e. The quantitative estimate of drug-likeness (QED) is 0.401. The average molecular weight is 496 g/mol. The van der Waals surface area contributed by atoms with Crippen LogP contribution in [0.1, 0.15) is 29.4 Å². The molecule has 2 aromatic heterocycles. The monoisotopic (exact) mass is 495 g/mol. The molecule has 0 aliphatic carbocycles. The maximum absolute atomic E-state index is 13.9. The van der Waals surface area contributed by atoms with Gasteiger partial charge in [0.15, 0.2) is 0 Å². The van der Waals surface area contributed by atoms with Crippen molar-refractivity contribution in [2.75, 3.05) is 39.4 Å². The van der Waals surface area contributed by atoms with Crippen LogP contribution >= 0.6 is 0 Å². The molecule has 5 heterocycles. The van der Waals surface area contributed by atoms with Gasteiger partial charge in [0.1, 0.15) is 11.3 Å². The summed E-state index contributed by atoms with van der Waals surface area (Å²) in [5.74, 6) is 1.88. The number of nitrogens with zero attached hydrogens (tertiary/aromatic N) is 3. The van der Waals surface area contributed by atoms with E-state index in [-0.39, 0.29) is 5.56 Å². The molecule has 0 radical (unpaired) electrons. The second-order valence-corrected chi connectivity index (χ2v) is 10.9. The topological polar surface area (TPSA) is 50.9 Å². The molecule has 6 nitrogen and oxygen atoms in total. The van der Waals surface area contributed by atoms with E-state index in [1.807, 2.05) is 18.2 Å². The van der Waals surface area contributed by atoms with E-state index in [9.17, 15) is 4.79 Å². The summed E-state index contributed by atoms with van der Waals surface area (Å²) in [7, 11) is 0. The third kappa shape index (κ3) is 4.43. The Bertz CT molecular complexity index is 1450. The fourth-order valence-electron chi connectivity index (χ4n) is 6.64. The van der Waals surface area contributed by atoms with Crippen molar-refractivity contribution in [1.29, 1.82) is 0 Å². The van der Waals surface area contributed by atoms with Crippen LogP contribution in [0.25, 0.3) is 22.1 Å². The number of hydrogen-bond donors (Lipinski definition) is 0. The van der Waals surface area contributed by atoms with Crippen LogP contribution in [0.3, 0.4) is 0 Å². The molecule has 0 spiro atoms. The molecule has 0 amide bonds. The van der Waals surface area contributed by atoms with E-state index in [4.69, 9.17) is 9.15 Å². The van der Waals surface area contributed by atoms with E-state index < -0.39 is 0 Å². The Hall–Kier alpha value is -3.19. The summed E-state index contributed by atoms with van der Waals surface area (Å²) in [5.41, 5.74) is 5.41. The summed E-state index contributed by atoms with van der Waals surface area (Å²) >= 11 is 0. The number of piperidine rings is 1. The van der Waals surface area contributed by atoms with Gasteiger partial charge in [0, 0.05) is 61.8 Å². The molecule has 3 aliphatic heterocycles. The van der Waals surface area contributed by atoms with E-state index in [1.54, 1.807) is 0 Å². The molecule has 2 saturated heterocycles. The Morgan fingerprint density at radius 3 is 2.54 bits per heavy atom. The Kier molecular flexibility index (Phi) is 5.96. The molecule has 0 unspecified atom stereocenters. The third-order valence-electron chi connectivity index (χ3n) is 8.34. The first-order valence-electron chi connectivity index (χ1n) is 13.5. The lowest BCUT2D eigenvalue weighted by Crippen LogP contribution is -2.46. The Balaban J connectivity index is 1.14. The number of ether oxygens (including phenoxy) is 1. The lowest BCUT2D eigenvalue weighted by atomic mass is 9.82. The Morgan fingerprint density at radius 2 is 1.65 bits per heavy atom. The zero-order chi connectivity index (χ0) is 24.8. The zero-order valence-corrected chi connectivity index (χ0v) is 21.1. The van der Waals surface area contributed by atoms with Gasteiger partial charge in [-0.15, -0.1) is 0 Å². The minimum Gasteiger partial charge on any atom is -0.460 e. The normalized spacial score (nSPS) is 22.3. The first-order valence-corrected chi connectivity index (χ1v) is 13.5. The highest BCUT2D eigenvalue weighted by Gasteiger charge is 2.35. The second kappa shape index (κ2) is 9.60. The van der Waals surface area contributed by atoms with Gasteiger partial charge < -0.3 is 13.7 Å². The van der Waals surface area contributed by atoms with Gasteiger partial charge in [-0.25, -0.2) is 0 Å². The van der Waals surface area contributed by atoms with Crippen LogP contribution in [-0.4, -0.2) is 53.8 Å². The first kappa shape index (κ1) is 23.0. The minimum atomic E-state index is 0.160. The molecule has 0 N–H and O–H groups in total. The summed E-state index contributed by atoms with van der Waals surface area (Å²) in [5, 5.41) is 1.16. The van der Waals surface area contributed by atoms with Crippen LogP contribution in [0.2, 0.25) is 0 Å². The number of benzene rings is 2. The minimum absolute atomic E-state index is 0.160. The van der Waals surface area contributed by atoms with E-state index in [2.05, 4.69) is 62.9 Å². The molecule has 0 saturated carbocycles. The van der Waals surface area contributed by atoms with Crippen LogP contribution in [-0.2, 0) is 24.4 Å². The van der Waals surface area contributed by atoms with Crippen LogP contribution in [0.15, 0.2) is 75.9 Å². The molecule has 6 heteroatoms. The van der Waals surface area contributed by atoms with Gasteiger partial charge >= 0.3 is 0 Å². The standard InChI is InChI=1S/C31H33N3O3/c35-31-28(27-7-3-1-6-24(27)19-32-11-13-36-14-12-32)9-10-29-25-15-22(18-34(29)31)17-33(20-25)21-26-16-23-5-2-4-8-30(23)37-26/h1-10,16,22,25H,11-15,17-21H2/t22-,25-/m1/s1. The molecule has 2 atom stereocenters. The number of rotatable bonds is 5. The predicted molar refractivity (Wildman–Crippen MR) is 145 cm³/mol. The number of para-hydroxylation sites is 1. The van der Waals surface area contributed by atoms with Crippen molar-refractivity contribution in [3.05, 3.63) is 94.1 Å². The third-order valence-corrected chi connectivity index (χ3v) is 8.34. The van der Waals surface area contributed by atoms with E-state index in [0.717, 1.165) is 93.3 Å². The van der Waals surface area contributed by atoms with Gasteiger partial charge in [-0.3, -0.25) is 14.6 Å². The fourth-order valence-corrected chi connectivity index (χ4v) is 6.64. The zero-order valence-electron chi connectivity index (χ0n) is 21.1. The highest BCUT2D eigenvalue weighted by molar-refractivity contribution is 5.77. The molecule has 2 fully saturated rings. The summed E-state index contributed by atoms with van der Waals surface area (Å²) in [6.07, 6.45) is 1.16. The molecular weight excluding hydrogens is 462 g/mol. The van der Waals surface area contributed by atoms with Crippen molar-refractivity contribution in [2.24, 2.45) is 5.92 Å². The molecule has 4 aromatic rings. The number of likely N-dealkylation sites (tertiary alicyclic amines) is 1. The molecule has 2 bridgehead atoms. The van der Waals surface area contributed by atoms with Crippen molar-refractivity contribution >= 4 is 11.0 Å². The van der Waals surface area contributed by atoms with Gasteiger partial charge in [-0.2, -0.15) is 0 Å². The lowest BCUT2D eigenvalue weighted by Gasteiger charge is -2.42. The van der Waals surface area contributed by atoms with E-state index >= 15 is 0 Å². The van der Waals surface area contributed by atoms with Gasteiger partial charge in [-0.1, -0.05) is 42.5 Å². The van der Waals surface area contributed by atoms with Crippen LogP contribution < -0.4 is 5.56 Å². The van der Waals surface area contributed by atoms with Crippen molar-refractivity contribution < 1.29 is 9.15 Å². The molecule has 37 heavy (non-hydrogen) atoms. The van der Waals surface area contributed by atoms with Gasteiger partial charge in [0.2, 0.25) is 0 Å². The van der Waals surface area contributed by atoms with Crippen molar-refractivity contribution in [3.8, 4) is 11.1 Å². The smallest absolute Gasteiger partial charge is 0.258 e. The average Bonchev–Trinajstić information content (AvgIpc) is 3.33. The van der Waals surface area contributed by atoms with Gasteiger partial charge in [0.25, 0.3) is 5.56 Å². The van der Waals surface area contributed by atoms with E-state index in [1.165, 1.54) is 11.3 Å². The maximum atomic E-state index is 13.9. The highest BCUT2D eigenvalue weighted by atomic mass is 16.5. The number of pyridine rings is 1. The fraction of sp³-hybridized carbons (Fsp3) is 0.387. The molecule has 3 aliphatic rings. The summed E-state index contributed by atoms with van der Waals surface area (Å²) in [6.45, 7) is 7.84. The van der Waals surface area contributed by atoms with Crippen molar-refractivity contribution in [2.45, 2.75) is 32.0 Å². The first-order chi connectivity index (χ1) is 18.2. The summed E-state index contributed by atoms with van der Waals surface area (Å²) in [6, 6.07) is 23.1. The highest BCUT2D eigenvalue weighted by Crippen LogP contribution is 2.37. The summed E-state index contributed by atoms with van der Waals surface area (Å²) in [4.78, 5) is 18.8. The van der Waals surface area contributed by atoms with E-state index in [0.29, 0.717) is 11.8 Å². The predicted octanol–water partition coefficient (Wildman–Crippen LogP) is 4.71. The molecule has 2 aromatic carbocycles. The number of hydrogen-bond acceptors (Lipinski definition) is 5. The largest absolute Gasteiger partial charge is 0.460 e. The van der Waals surface area contributed by atoms with Crippen LogP contribution in [0, 0.1) is 5.92 Å². The Morgan fingerprint density at radius 1 is 0.811 bits per heavy atom. The molecular formula is C31H33N3O3. The number of fused-ring (bicyclic) bond motifs is 5. The Labute approximate surface area is 217 Å². The SMILES string of the molecule is O=c1c(-c2ccccc2CN2CCOCC2)ccc2n1C[C@@H]1C[C@@H]2CN(Cc2cc3ccccc3o2)C1. The number of furan rings is 1. The van der Waals surface area contributed by atoms with Crippen LogP contribution in [0.5, 0.6) is 0 Å². The van der Waals surface area contributed by atoms with Crippen molar-refractivity contribution in [3.63, 3.8) is 0 Å². The molecule has 190 valence electrons. The van der Waals surface area contributed by atoms with Gasteiger partial charge in [-0.05, 0) is 47.7 Å². The van der Waals surface area contributed by atoms with Gasteiger partial charge in [0.05, 0.1) is 19.8 Å².